The second kappa shape index (κ2) is 6.63. The minimum atomic E-state index is -1.61. The largest absolute Gasteiger partial charge is 0.382 e. The Morgan fingerprint density at radius 2 is 2.11 bits per heavy atom. The maximum absolute atomic E-state index is 12.1. The zero-order chi connectivity index (χ0) is 19.9. The number of aromatic nitrogens is 2. The number of rotatable bonds is 1. The van der Waals surface area contributed by atoms with E-state index >= 15 is 0 Å². The van der Waals surface area contributed by atoms with Crippen LogP contribution in [0.15, 0.2) is 42.6 Å². The molecule has 140 valence electrons. The Kier molecular flexibility index (Phi) is 4.25. The molecule has 6 nitrogen and oxygen atoms in total. The van der Waals surface area contributed by atoms with Crippen LogP contribution < -0.4 is 5.73 Å². The molecule has 1 unspecified atom stereocenters. The smallest absolute Gasteiger partial charge is 0.267 e. The number of pyridine rings is 2. The van der Waals surface area contributed by atoms with E-state index in [2.05, 4.69) is 21.8 Å². The Morgan fingerprint density at radius 3 is 2.86 bits per heavy atom. The third-order valence-electron chi connectivity index (χ3n) is 5.04. The number of fused-ring (bicyclic) bond motifs is 1. The molecule has 0 spiro atoms. The van der Waals surface area contributed by atoms with Gasteiger partial charge in [0.25, 0.3) is 5.91 Å². The number of anilines is 1. The third kappa shape index (κ3) is 3.06. The van der Waals surface area contributed by atoms with Gasteiger partial charge in [-0.25, -0.2) is 9.97 Å². The molecule has 4 rings (SSSR count). The number of likely N-dealkylation sites (tertiary alicyclic amines) is 1. The summed E-state index contributed by atoms with van der Waals surface area (Å²) in [5, 5.41) is 11.4. The Balaban J connectivity index is 1.71. The average Bonchev–Trinajstić information content (AvgIpc) is 2.97. The molecule has 1 aliphatic rings. The lowest BCUT2D eigenvalue weighted by Gasteiger charge is -2.13. The number of nitrogens with two attached hydrogens (primary N) is 1. The number of nitrogens with zero attached hydrogens (tertiary/aromatic N) is 3. The molecule has 1 atom stereocenters. The molecule has 0 bridgehead atoms. The minimum Gasteiger partial charge on any atom is -0.382 e. The lowest BCUT2D eigenvalue weighted by Crippen LogP contribution is -2.37. The lowest BCUT2D eigenvalue weighted by atomic mass is 10.0. The van der Waals surface area contributed by atoms with E-state index in [4.69, 9.17) is 5.73 Å². The fourth-order valence-corrected chi connectivity index (χ4v) is 3.33. The number of likely N-dealkylation sites (N-methyl/N-ethyl adjacent to an activating group) is 1. The predicted molar refractivity (Wildman–Crippen MR) is 108 cm³/mol. The highest BCUT2D eigenvalue weighted by Gasteiger charge is 2.42. The van der Waals surface area contributed by atoms with Crippen molar-refractivity contribution in [3.05, 3.63) is 53.7 Å². The number of hydrogen-bond donors (Lipinski definition) is 2. The van der Waals surface area contributed by atoms with Gasteiger partial charge in [-0.1, -0.05) is 30.0 Å². The molecule has 1 fully saturated rings. The van der Waals surface area contributed by atoms with E-state index in [1.807, 2.05) is 43.3 Å². The molecular formula is C22H20N4O2. The number of benzene rings is 1. The monoisotopic (exact) mass is 372 g/mol. The molecule has 0 saturated carbocycles. The summed E-state index contributed by atoms with van der Waals surface area (Å²) in [6.45, 7) is 2.47. The molecule has 1 saturated heterocycles. The first kappa shape index (κ1) is 18.0. The van der Waals surface area contributed by atoms with E-state index in [1.54, 1.807) is 13.2 Å². The molecule has 0 radical (unpaired) electrons. The van der Waals surface area contributed by atoms with Crippen molar-refractivity contribution in [1.29, 1.82) is 0 Å². The lowest BCUT2D eigenvalue weighted by molar-refractivity contribution is -0.137. The molecule has 0 aliphatic carbocycles. The van der Waals surface area contributed by atoms with Crippen molar-refractivity contribution in [2.75, 3.05) is 19.3 Å². The van der Waals surface area contributed by atoms with Crippen molar-refractivity contribution < 1.29 is 9.90 Å². The second-order valence-corrected chi connectivity index (χ2v) is 7.09. The number of amides is 1. The Bertz CT molecular complexity index is 1160. The summed E-state index contributed by atoms with van der Waals surface area (Å²) >= 11 is 0. The maximum atomic E-state index is 12.1. The van der Waals surface area contributed by atoms with Gasteiger partial charge in [0.05, 0.1) is 5.69 Å². The number of hydrogen-bond acceptors (Lipinski definition) is 5. The van der Waals surface area contributed by atoms with E-state index in [0.29, 0.717) is 29.9 Å². The van der Waals surface area contributed by atoms with Gasteiger partial charge in [-0.15, -0.1) is 0 Å². The van der Waals surface area contributed by atoms with Crippen LogP contribution in [0.4, 0.5) is 5.82 Å². The maximum Gasteiger partial charge on any atom is 0.267 e. The first-order valence-corrected chi connectivity index (χ1v) is 9.01. The van der Waals surface area contributed by atoms with Gasteiger partial charge >= 0.3 is 0 Å². The van der Waals surface area contributed by atoms with Gasteiger partial charge in [-0.3, -0.25) is 4.79 Å². The van der Waals surface area contributed by atoms with E-state index in [-0.39, 0.29) is 5.91 Å². The van der Waals surface area contributed by atoms with Crippen LogP contribution in [0.1, 0.15) is 17.5 Å². The van der Waals surface area contributed by atoms with E-state index in [1.165, 1.54) is 4.90 Å². The summed E-state index contributed by atoms with van der Waals surface area (Å²) < 4.78 is 0. The Morgan fingerprint density at radius 1 is 1.29 bits per heavy atom. The van der Waals surface area contributed by atoms with Gasteiger partial charge in [0.2, 0.25) is 5.60 Å². The molecule has 1 aliphatic heterocycles. The number of carbonyl (C=O) groups is 1. The van der Waals surface area contributed by atoms with E-state index < -0.39 is 5.60 Å². The van der Waals surface area contributed by atoms with Crippen LogP contribution in [-0.2, 0) is 4.79 Å². The molecule has 6 heteroatoms. The first-order valence-electron chi connectivity index (χ1n) is 9.01. The molecule has 2 aromatic heterocycles. The van der Waals surface area contributed by atoms with Crippen molar-refractivity contribution in [2.45, 2.75) is 18.9 Å². The first-order chi connectivity index (χ1) is 13.4. The van der Waals surface area contributed by atoms with Crippen LogP contribution in [-0.4, -0.2) is 45.1 Å². The summed E-state index contributed by atoms with van der Waals surface area (Å²) in [4.78, 5) is 22.4. The fraction of sp³-hybridized carbons (Fsp3) is 0.227. The van der Waals surface area contributed by atoms with Crippen molar-refractivity contribution in [3.63, 3.8) is 0 Å². The van der Waals surface area contributed by atoms with Gasteiger partial charge in [0.1, 0.15) is 11.3 Å². The van der Waals surface area contributed by atoms with Crippen LogP contribution in [0.2, 0.25) is 0 Å². The molecule has 3 heterocycles. The number of carbonyl (C=O) groups excluding carboxylic acids is 1. The highest BCUT2D eigenvalue weighted by Crippen LogP contribution is 2.26. The molecule has 3 aromatic rings. The summed E-state index contributed by atoms with van der Waals surface area (Å²) in [5.74, 6) is 5.71. The molecule has 3 N–H and O–H groups in total. The number of aryl methyl sites for hydroxylation is 1. The third-order valence-corrected chi connectivity index (χ3v) is 5.04. The van der Waals surface area contributed by atoms with Crippen molar-refractivity contribution >= 4 is 22.6 Å². The fourth-order valence-electron chi connectivity index (χ4n) is 3.33. The van der Waals surface area contributed by atoms with Crippen LogP contribution in [0, 0.1) is 18.8 Å². The van der Waals surface area contributed by atoms with Crippen molar-refractivity contribution in [3.8, 4) is 23.1 Å². The van der Waals surface area contributed by atoms with Crippen molar-refractivity contribution in [1.82, 2.24) is 14.9 Å². The Labute approximate surface area is 163 Å². The SMILES string of the molecule is Cc1cnc(N)c2nc(-c3cccc(C#CC4(O)CCN(C)C4=O)c3)ccc12. The molecule has 28 heavy (non-hydrogen) atoms. The average molecular weight is 372 g/mol. The topological polar surface area (TPSA) is 92.3 Å². The number of nitrogen functional groups attached to an aromatic ring is 1. The van der Waals surface area contributed by atoms with E-state index in [0.717, 1.165) is 22.2 Å². The van der Waals surface area contributed by atoms with Crippen LogP contribution in [0.5, 0.6) is 0 Å². The molecule has 1 amide bonds. The van der Waals surface area contributed by atoms with Crippen LogP contribution in [0.25, 0.3) is 22.2 Å². The molecule has 1 aromatic carbocycles. The zero-order valence-corrected chi connectivity index (χ0v) is 15.7. The molecular weight excluding hydrogens is 352 g/mol. The minimum absolute atomic E-state index is 0.312. The Hall–Kier alpha value is -3.43. The van der Waals surface area contributed by atoms with Gasteiger partial charge in [0.15, 0.2) is 0 Å². The summed E-state index contributed by atoms with van der Waals surface area (Å²) in [6, 6.07) is 11.4. The van der Waals surface area contributed by atoms with Crippen LogP contribution >= 0.6 is 0 Å². The van der Waals surface area contributed by atoms with Crippen LogP contribution in [0.3, 0.4) is 0 Å². The van der Waals surface area contributed by atoms with Gasteiger partial charge < -0.3 is 15.7 Å². The highest BCUT2D eigenvalue weighted by molar-refractivity contribution is 5.91. The quantitative estimate of drug-likeness (QED) is 0.639. The summed E-state index contributed by atoms with van der Waals surface area (Å²) in [6.07, 6.45) is 2.05. The van der Waals surface area contributed by atoms with E-state index in [9.17, 15) is 9.90 Å². The second-order valence-electron chi connectivity index (χ2n) is 7.09. The van der Waals surface area contributed by atoms with Crippen molar-refractivity contribution in [2.24, 2.45) is 0 Å². The summed E-state index contributed by atoms with van der Waals surface area (Å²) in [7, 11) is 1.66. The van der Waals surface area contributed by atoms with Gasteiger partial charge in [-0.05, 0) is 30.7 Å². The highest BCUT2D eigenvalue weighted by atomic mass is 16.3. The standard InChI is InChI=1S/C22H20N4O2/c1-14-13-24-20(23)19-17(14)6-7-18(25-19)16-5-3-4-15(12-16)8-9-22(28)10-11-26(2)21(22)27/h3-7,12-13,28H,10-11H2,1-2H3,(H2,23,24). The van der Waals surface area contributed by atoms with Gasteiger partial charge in [0, 0.05) is 42.7 Å². The normalized spacial score (nSPS) is 19.0. The summed E-state index contributed by atoms with van der Waals surface area (Å²) in [5.41, 5.74) is 8.40. The zero-order valence-electron chi connectivity index (χ0n) is 15.7. The number of aliphatic hydroxyl groups is 1. The van der Waals surface area contributed by atoms with Gasteiger partial charge in [-0.2, -0.15) is 0 Å². The predicted octanol–water partition coefficient (Wildman–Crippen LogP) is 2.13.